The van der Waals surface area contributed by atoms with Gasteiger partial charge in [0.15, 0.2) is 0 Å². The molecule has 0 radical (unpaired) electrons. The number of hydrogen-bond acceptors (Lipinski definition) is 4. The highest BCUT2D eigenvalue weighted by Gasteiger charge is 2.25. The monoisotopic (exact) mass is 245 g/mol. The normalized spacial score (nSPS) is 18.4. The van der Waals surface area contributed by atoms with Crippen molar-refractivity contribution >= 4 is 0 Å². The molecule has 1 saturated carbocycles. The molecule has 1 aliphatic rings. The molecule has 4 nitrogen and oxygen atoms in total. The van der Waals surface area contributed by atoms with E-state index in [2.05, 4.69) is 5.32 Å². The van der Waals surface area contributed by atoms with Crippen molar-refractivity contribution in [1.29, 1.82) is 0 Å². The van der Waals surface area contributed by atoms with Gasteiger partial charge in [-0.05, 0) is 31.6 Å². The Morgan fingerprint density at radius 1 is 1.35 bits per heavy atom. The zero-order valence-electron chi connectivity index (χ0n) is 11.1. The van der Waals surface area contributed by atoms with Crippen LogP contribution in [0.25, 0.3) is 0 Å². The molecule has 0 bridgehead atoms. The molecule has 4 heteroatoms. The van der Waals surface area contributed by atoms with Crippen molar-refractivity contribution in [3.05, 3.63) is 0 Å². The van der Waals surface area contributed by atoms with Gasteiger partial charge in [0.1, 0.15) is 0 Å². The molecule has 0 heterocycles. The van der Waals surface area contributed by atoms with E-state index in [0.717, 1.165) is 25.4 Å². The van der Waals surface area contributed by atoms with Gasteiger partial charge in [0.25, 0.3) is 0 Å². The largest absolute Gasteiger partial charge is 0.394 e. The Kier molecular flexibility index (Phi) is 6.41. The summed E-state index contributed by atoms with van der Waals surface area (Å²) in [5.41, 5.74) is -0.253. The van der Waals surface area contributed by atoms with Gasteiger partial charge in [0.05, 0.1) is 19.3 Å². The summed E-state index contributed by atoms with van der Waals surface area (Å²) < 4.78 is 5.43. The lowest BCUT2D eigenvalue weighted by Crippen LogP contribution is -2.50. The van der Waals surface area contributed by atoms with E-state index in [1.807, 2.05) is 13.8 Å². The van der Waals surface area contributed by atoms with Crippen LogP contribution in [0, 0.1) is 5.92 Å². The lowest BCUT2D eigenvalue weighted by atomic mass is 9.94. The molecular formula is C13H27NO3. The van der Waals surface area contributed by atoms with E-state index in [0.29, 0.717) is 13.2 Å². The average molecular weight is 245 g/mol. The summed E-state index contributed by atoms with van der Waals surface area (Å²) >= 11 is 0. The summed E-state index contributed by atoms with van der Waals surface area (Å²) in [5.74, 6) is 0.734. The summed E-state index contributed by atoms with van der Waals surface area (Å²) in [6, 6.07) is 0. The molecule has 0 spiro atoms. The predicted octanol–water partition coefficient (Wildman–Crippen LogP) is 0.915. The van der Waals surface area contributed by atoms with Crippen LogP contribution in [-0.4, -0.2) is 48.2 Å². The second-order valence-corrected chi connectivity index (χ2v) is 5.16. The maximum atomic E-state index is 9.76. The summed E-state index contributed by atoms with van der Waals surface area (Å²) in [7, 11) is 0. The SMILES string of the molecule is CCC(CC)(CO)NCC(O)COCC1CC1. The Hall–Kier alpha value is -0.160. The third-order valence-corrected chi connectivity index (χ3v) is 3.73. The summed E-state index contributed by atoms with van der Waals surface area (Å²) in [6.45, 7) is 5.84. The number of aliphatic hydroxyl groups excluding tert-OH is 2. The van der Waals surface area contributed by atoms with Crippen LogP contribution in [0.4, 0.5) is 0 Å². The molecule has 0 aromatic carbocycles. The van der Waals surface area contributed by atoms with E-state index >= 15 is 0 Å². The third-order valence-electron chi connectivity index (χ3n) is 3.73. The lowest BCUT2D eigenvalue weighted by Gasteiger charge is -2.32. The first kappa shape index (κ1) is 14.9. The van der Waals surface area contributed by atoms with Crippen LogP contribution in [0.15, 0.2) is 0 Å². The van der Waals surface area contributed by atoms with Gasteiger partial charge in [-0.25, -0.2) is 0 Å². The van der Waals surface area contributed by atoms with Crippen LogP contribution in [0.1, 0.15) is 39.5 Å². The van der Waals surface area contributed by atoms with Crippen molar-refractivity contribution in [2.75, 3.05) is 26.4 Å². The van der Waals surface area contributed by atoms with E-state index in [-0.39, 0.29) is 12.1 Å². The first-order valence-electron chi connectivity index (χ1n) is 6.77. The number of ether oxygens (including phenoxy) is 1. The van der Waals surface area contributed by atoms with E-state index in [1.54, 1.807) is 0 Å². The first-order valence-corrected chi connectivity index (χ1v) is 6.77. The fourth-order valence-electron chi connectivity index (χ4n) is 1.83. The maximum absolute atomic E-state index is 9.76. The minimum atomic E-state index is -0.488. The quantitative estimate of drug-likeness (QED) is 0.535. The molecule has 1 fully saturated rings. The summed E-state index contributed by atoms with van der Waals surface area (Å²) in [6.07, 6.45) is 3.77. The third kappa shape index (κ3) is 5.34. The molecule has 1 rings (SSSR count). The summed E-state index contributed by atoms with van der Waals surface area (Å²) in [5, 5.41) is 22.4. The number of hydrogen-bond donors (Lipinski definition) is 3. The van der Waals surface area contributed by atoms with Crippen LogP contribution in [0.5, 0.6) is 0 Å². The molecule has 102 valence electrons. The molecule has 3 N–H and O–H groups in total. The highest BCUT2D eigenvalue weighted by Crippen LogP contribution is 2.28. The fourth-order valence-corrected chi connectivity index (χ4v) is 1.83. The molecule has 0 saturated heterocycles. The lowest BCUT2D eigenvalue weighted by molar-refractivity contribution is 0.0244. The van der Waals surface area contributed by atoms with Crippen LogP contribution < -0.4 is 5.32 Å². The minimum Gasteiger partial charge on any atom is -0.394 e. The van der Waals surface area contributed by atoms with E-state index in [4.69, 9.17) is 4.74 Å². The van der Waals surface area contributed by atoms with Gasteiger partial charge in [0, 0.05) is 18.7 Å². The summed E-state index contributed by atoms with van der Waals surface area (Å²) in [4.78, 5) is 0. The molecule has 0 aliphatic heterocycles. The van der Waals surface area contributed by atoms with Gasteiger partial charge in [0.2, 0.25) is 0 Å². The second kappa shape index (κ2) is 7.31. The standard InChI is InChI=1S/C13H27NO3/c1-3-13(4-2,10-15)14-7-12(16)9-17-8-11-5-6-11/h11-12,14-16H,3-10H2,1-2H3. The Balaban J connectivity index is 2.13. The van der Waals surface area contributed by atoms with Crippen LogP contribution in [0.3, 0.4) is 0 Å². The van der Waals surface area contributed by atoms with E-state index in [9.17, 15) is 10.2 Å². The van der Waals surface area contributed by atoms with Gasteiger partial charge in [-0.15, -0.1) is 0 Å². The smallest absolute Gasteiger partial charge is 0.0897 e. The molecule has 1 unspecified atom stereocenters. The van der Waals surface area contributed by atoms with Gasteiger partial charge in [-0.1, -0.05) is 13.8 Å². The zero-order valence-corrected chi connectivity index (χ0v) is 11.1. The van der Waals surface area contributed by atoms with Crippen molar-refractivity contribution in [3.8, 4) is 0 Å². The Bertz CT molecular complexity index is 195. The number of nitrogens with one attached hydrogen (secondary N) is 1. The molecule has 1 aliphatic carbocycles. The van der Waals surface area contributed by atoms with Crippen LogP contribution in [-0.2, 0) is 4.74 Å². The van der Waals surface area contributed by atoms with Crippen molar-refractivity contribution in [2.24, 2.45) is 5.92 Å². The molecule has 0 aromatic rings. The topological polar surface area (TPSA) is 61.7 Å². The number of β-amino-alcohol motifs (C(OH)–C–C–N with tert-alkyl or cyclic N) is 1. The average Bonchev–Trinajstić information content (AvgIpc) is 3.16. The zero-order chi connectivity index (χ0) is 12.7. The van der Waals surface area contributed by atoms with Crippen molar-refractivity contribution < 1.29 is 14.9 Å². The molecule has 0 aromatic heterocycles. The van der Waals surface area contributed by atoms with E-state index < -0.39 is 6.10 Å². The highest BCUT2D eigenvalue weighted by molar-refractivity contribution is 4.85. The molecular weight excluding hydrogens is 218 g/mol. The highest BCUT2D eigenvalue weighted by atomic mass is 16.5. The van der Waals surface area contributed by atoms with Crippen molar-refractivity contribution in [3.63, 3.8) is 0 Å². The van der Waals surface area contributed by atoms with Gasteiger partial charge < -0.3 is 20.3 Å². The number of rotatable bonds is 10. The van der Waals surface area contributed by atoms with Crippen LogP contribution >= 0.6 is 0 Å². The van der Waals surface area contributed by atoms with Crippen molar-refractivity contribution in [1.82, 2.24) is 5.32 Å². The van der Waals surface area contributed by atoms with Gasteiger partial charge >= 0.3 is 0 Å². The van der Waals surface area contributed by atoms with Crippen molar-refractivity contribution in [2.45, 2.75) is 51.2 Å². The predicted molar refractivity (Wildman–Crippen MR) is 68.0 cm³/mol. The molecule has 0 amide bonds. The second-order valence-electron chi connectivity index (χ2n) is 5.16. The van der Waals surface area contributed by atoms with Gasteiger partial charge in [-0.3, -0.25) is 0 Å². The van der Waals surface area contributed by atoms with E-state index in [1.165, 1.54) is 12.8 Å². The maximum Gasteiger partial charge on any atom is 0.0897 e. The Labute approximate surface area is 104 Å². The minimum absolute atomic E-state index is 0.107. The fraction of sp³-hybridized carbons (Fsp3) is 1.00. The first-order chi connectivity index (χ1) is 8.15. The molecule has 1 atom stereocenters. The molecule has 17 heavy (non-hydrogen) atoms. The Morgan fingerprint density at radius 2 is 2.00 bits per heavy atom. The Morgan fingerprint density at radius 3 is 2.47 bits per heavy atom. The van der Waals surface area contributed by atoms with Crippen LogP contribution in [0.2, 0.25) is 0 Å². The number of aliphatic hydroxyl groups is 2. The van der Waals surface area contributed by atoms with Gasteiger partial charge in [-0.2, -0.15) is 0 Å².